The number of methoxy groups -OCH3 is 1. The number of carbonyl (C=O) groups excluding carboxylic acids is 2. The minimum absolute atomic E-state index is 0.0283. The van der Waals surface area contributed by atoms with E-state index in [1.807, 2.05) is 5.01 Å². The summed E-state index contributed by atoms with van der Waals surface area (Å²) in [7, 11) is 1.55. The maximum Gasteiger partial charge on any atom is 0.278 e. The summed E-state index contributed by atoms with van der Waals surface area (Å²) < 4.78 is 33.7. The van der Waals surface area contributed by atoms with Crippen molar-refractivity contribution in [2.24, 2.45) is 0 Å². The van der Waals surface area contributed by atoms with Crippen molar-refractivity contribution in [3.8, 4) is 5.75 Å². The zero-order valence-corrected chi connectivity index (χ0v) is 18.2. The highest BCUT2D eigenvalue weighted by molar-refractivity contribution is 5.99. The number of carbonyl (C=O) groups is 2. The summed E-state index contributed by atoms with van der Waals surface area (Å²) in [5.74, 6) is -3.80. The van der Waals surface area contributed by atoms with E-state index in [0.717, 1.165) is 6.07 Å². The Morgan fingerprint density at radius 2 is 2.03 bits per heavy atom. The van der Waals surface area contributed by atoms with Crippen molar-refractivity contribution in [2.45, 2.75) is 38.5 Å². The fraction of sp³-hybridized carbons (Fsp3) is 0.409. The Bertz CT molecular complexity index is 1170. The highest BCUT2D eigenvalue weighted by atomic mass is 19.1. The number of fused-ring (bicyclic) bond motifs is 3. The first-order valence-corrected chi connectivity index (χ1v) is 10.6. The molecule has 2 amide bonds. The van der Waals surface area contributed by atoms with Crippen LogP contribution in [0.5, 0.6) is 5.75 Å². The standard InChI is InChI=1S/C22H24F2N4O5/c1-3-26-17-7-6-14(11-33-2)28(17)27-10-15(19(29)20(30)18(27)22(26)32)21(31)25-9-12-4-5-13(23)8-16(12)24/h4-5,8,10,14,17,30H,3,6-7,9,11H2,1-2H3,(H,25,31)/t14-,17-/m0/s1. The van der Waals surface area contributed by atoms with Gasteiger partial charge in [0, 0.05) is 38.0 Å². The lowest BCUT2D eigenvalue weighted by Crippen LogP contribution is -2.61. The molecule has 0 saturated carbocycles. The first kappa shape index (κ1) is 22.7. The number of pyridine rings is 1. The summed E-state index contributed by atoms with van der Waals surface area (Å²) in [6, 6.07) is 2.78. The molecule has 9 nitrogen and oxygen atoms in total. The van der Waals surface area contributed by atoms with E-state index in [-0.39, 0.29) is 30.0 Å². The molecule has 0 aliphatic carbocycles. The van der Waals surface area contributed by atoms with Crippen molar-refractivity contribution in [2.75, 3.05) is 25.3 Å². The van der Waals surface area contributed by atoms with Crippen LogP contribution >= 0.6 is 0 Å². The highest BCUT2D eigenvalue weighted by Crippen LogP contribution is 2.33. The largest absolute Gasteiger partial charge is 0.502 e. The SMILES string of the molecule is CCN1C(=O)c2c(O)c(=O)c(C(=O)NCc3ccc(F)cc3F)cn2N2[C@H](COC)CC[C@@H]12. The Morgan fingerprint density at radius 1 is 1.27 bits per heavy atom. The Labute approximate surface area is 188 Å². The van der Waals surface area contributed by atoms with E-state index in [4.69, 9.17) is 4.74 Å². The zero-order valence-electron chi connectivity index (χ0n) is 18.2. The molecule has 0 radical (unpaired) electrons. The normalized spacial score (nSPS) is 19.5. The van der Waals surface area contributed by atoms with Gasteiger partial charge in [-0.3, -0.25) is 24.1 Å². The molecule has 11 heteroatoms. The van der Waals surface area contributed by atoms with E-state index in [0.29, 0.717) is 32.1 Å². The van der Waals surface area contributed by atoms with Crippen LogP contribution in [0.1, 0.15) is 46.2 Å². The molecular formula is C22H24F2N4O5. The van der Waals surface area contributed by atoms with Gasteiger partial charge in [0.15, 0.2) is 11.4 Å². The molecule has 4 rings (SSSR count). The summed E-state index contributed by atoms with van der Waals surface area (Å²) >= 11 is 0. The Balaban J connectivity index is 1.72. The third kappa shape index (κ3) is 3.82. The lowest BCUT2D eigenvalue weighted by Gasteiger charge is -2.44. The number of hydrogen-bond acceptors (Lipinski definition) is 6. The quantitative estimate of drug-likeness (QED) is 0.671. The lowest BCUT2D eigenvalue weighted by molar-refractivity contribution is 0.0584. The molecule has 1 aromatic heterocycles. The molecule has 1 fully saturated rings. The van der Waals surface area contributed by atoms with E-state index in [1.54, 1.807) is 18.9 Å². The molecule has 1 aromatic carbocycles. The third-order valence-electron chi connectivity index (χ3n) is 6.07. The van der Waals surface area contributed by atoms with Gasteiger partial charge in [-0.25, -0.2) is 8.78 Å². The second-order valence-electron chi connectivity index (χ2n) is 7.97. The second kappa shape index (κ2) is 8.81. The van der Waals surface area contributed by atoms with Gasteiger partial charge in [0.1, 0.15) is 23.4 Å². The smallest absolute Gasteiger partial charge is 0.278 e. The van der Waals surface area contributed by atoms with Crippen LogP contribution in [0, 0.1) is 11.6 Å². The fourth-order valence-electron chi connectivity index (χ4n) is 4.51. The number of aromatic nitrogens is 1. The number of hydrogen-bond donors (Lipinski definition) is 2. The van der Waals surface area contributed by atoms with Crippen LogP contribution in [-0.4, -0.2) is 59.0 Å². The monoisotopic (exact) mass is 462 g/mol. The van der Waals surface area contributed by atoms with Crippen LogP contribution in [0.25, 0.3) is 0 Å². The van der Waals surface area contributed by atoms with Gasteiger partial charge in [-0.2, -0.15) is 0 Å². The van der Waals surface area contributed by atoms with Gasteiger partial charge < -0.3 is 20.1 Å². The number of nitrogens with zero attached hydrogens (tertiary/aromatic N) is 3. The van der Waals surface area contributed by atoms with E-state index in [1.165, 1.54) is 16.9 Å². The summed E-state index contributed by atoms with van der Waals surface area (Å²) in [5, 5.41) is 14.9. The van der Waals surface area contributed by atoms with Crippen LogP contribution in [0.2, 0.25) is 0 Å². The van der Waals surface area contributed by atoms with Crippen LogP contribution in [-0.2, 0) is 11.3 Å². The number of aromatic hydroxyl groups is 1. The van der Waals surface area contributed by atoms with Crippen LogP contribution in [0.4, 0.5) is 8.78 Å². The lowest BCUT2D eigenvalue weighted by atomic mass is 10.1. The maximum absolute atomic E-state index is 13.9. The van der Waals surface area contributed by atoms with Gasteiger partial charge in [-0.15, -0.1) is 0 Å². The van der Waals surface area contributed by atoms with Gasteiger partial charge in [-0.05, 0) is 25.8 Å². The number of halogens is 2. The van der Waals surface area contributed by atoms with Gasteiger partial charge in [0.05, 0.1) is 12.6 Å². The number of nitrogens with one attached hydrogen (secondary N) is 1. The van der Waals surface area contributed by atoms with E-state index in [2.05, 4.69) is 5.32 Å². The minimum Gasteiger partial charge on any atom is -0.502 e. The molecule has 3 heterocycles. The molecule has 0 spiro atoms. The van der Waals surface area contributed by atoms with E-state index in [9.17, 15) is 28.3 Å². The summed E-state index contributed by atoms with van der Waals surface area (Å²) in [5.41, 5.74) is -1.61. The van der Waals surface area contributed by atoms with Crippen molar-refractivity contribution in [1.82, 2.24) is 14.9 Å². The molecule has 33 heavy (non-hydrogen) atoms. The van der Waals surface area contributed by atoms with Gasteiger partial charge in [-0.1, -0.05) is 6.07 Å². The fourth-order valence-corrected chi connectivity index (χ4v) is 4.51. The average Bonchev–Trinajstić information content (AvgIpc) is 3.19. The van der Waals surface area contributed by atoms with E-state index < -0.39 is 40.2 Å². The number of benzene rings is 1. The van der Waals surface area contributed by atoms with Gasteiger partial charge >= 0.3 is 0 Å². The molecule has 2 atom stereocenters. The van der Waals surface area contributed by atoms with Crippen molar-refractivity contribution >= 4 is 11.8 Å². The molecule has 1 saturated heterocycles. The summed E-state index contributed by atoms with van der Waals surface area (Å²) in [4.78, 5) is 40.2. The number of amides is 2. The average molecular weight is 462 g/mol. The molecule has 0 bridgehead atoms. The van der Waals surface area contributed by atoms with Crippen LogP contribution in [0.3, 0.4) is 0 Å². The number of ether oxygens (including phenoxy) is 1. The van der Waals surface area contributed by atoms with Gasteiger partial charge in [0.2, 0.25) is 5.43 Å². The molecule has 0 unspecified atom stereocenters. The maximum atomic E-state index is 13.9. The predicted molar refractivity (Wildman–Crippen MR) is 114 cm³/mol. The first-order chi connectivity index (χ1) is 15.8. The molecular weight excluding hydrogens is 438 g/mol. The Kier molecular flexibility index (Phi) is 6.07. The van der Waals surface area contributed by atoms with Crippen LogP contribution in [0.15, 0.2) is 29.2 Å². The Morgan fingerprint density at radius 3 is 2.70 bits per heavy atom. The van der Waals surface area contributed by atoms with E-state index >= 15 is 0 Å². The topological polar surface area (TPSA) is 104 Å². The van der Waals surface area contributed by atoms with Crippen molar-refractivity contribution in [3.63, 3.8) is 0 Å². The van der Waals surface area contributed by atoms with Crippen molar-refractivity contribution in [3.05, 3.63) is 63.1 Å². The molecule has 2 aliphatic rings. The zero-order chi connectivity index (χ0) is 23.9. The number of rotatable bonds is 6. The van der Waals surface area contributed by atoms with Crippen LogP contribution < -0.4 is 15.8 Å². The van der Waals surface area contributed by atoms with Crippen molar-refractivity contribution in [1.29, 1.82) is 0 Å². The first-order valence-electron chi connectivity index (χ1n) is 10.6. The molecule has 2 aromatic rings. The second-order valence-corrected chi connectivity index (χ2v) is 7.97. The summed E-state index contributed by atoms with van der Waals surface area (Å²) in [6.45, 7) is 2.23. The Hall–Kier alpha value is -3.47. The minimum atomic E-state index is -1.01. The molecule has 2 N–H and O–H groups in total. The molecule has 176 valence electrons. The third-order valence-corrected chi connectivity index (χ3v) is 6.07. The summed E-state index contributed by atoms with van der Waals surface area (Å²) in [6.07, 6.45) is 2.27. The highest BCUT2D eigenvalue weighted by Gasteiger charge is 2.46. The predicted octanol–water partition coefficient (Wildman–Crippen LogP) is 1.31. The van der Waals surface area contributed by atoms with Gasteiger partial charge in [0.25, 0.3) is 11.8 Å². The van der Waals surface area contributed by atoms with Crippen molar-refractivity contribution < 1.29 is 28.2 Å². The molecule has 2 aliphatic heterocycles.